The van der Waals surface area contributed by atoms with E-state index >= 15 is 0 Å². The Morgan fingerprint density at radius 2 is 1.97 bits per heavy atom. The molecule has 0 aliphatic carbocycles. The topological polar surface area (TPSA) is 64.1 Å². The summed E-state index contributed by atoms with van der Waals surface area (Å²) in [6.07, 6.45) is -4.06. The van der Waals surface area contributed by atoms with Crippen LogP contribution in [-0.4, -0.2) is 71.7 Å². The highest BCUT2D eigenvalue weighted by molar-refractivity contribution is 7.07. The largest absolute Gasteiger partial charge is 0.490 e. The Morgan fingerprint density at radius 3 is 2.56 bits per heavy atom. The fourth-order valence-electron chi connectivity index (χ4n) is 4.00. The molecule has 0 radical (unpaired) electrons. The van der Waals surface area contributed by atoms with Crippen molar-refractivity contribution < 1.29 is 32.3 Å². The molecule has 32 heavy (non-hydrogen) atoms. The van der Waals surface area contributed by atoms with E-state index in [9.17, 15) is 22.4 Å². The van der Waals surface area contributed by atoms with Crippen LogP contribution in [-0.2, 0) is 16.1 Å². The number of likely N-dealkylation sites (tertiary alicyclic amines) is 1. The number of carbonyl (C=O) groups is 2. The van der Waals surface area contributed by atoms with Gasteiger partial charge in [0.25, 0.3) is 0 Å². The minimum absolute atomic E-state index is 0.0370. The van der Waals surface area contributed by atoms with Crippen molar-refractivity contribution in [3.05, 3.63) is 52.5 Å². The Morgan fingerprint density at radius 1 is 1.25 bits per heavy atom. The van der Waals surface area contributed by atoms with Gasteiger partial charge in [-0.15, -0.1) is 0 Å². The fraction of sp³-hybridized carbons (Fsp3) is 0.429. The molecule has 1 N–H and O–H groups in total. The number of aliphatic carboxylic acids is 1. The number of alkyl halides is 3. The summed E-state index contributed by atoms with van der Waals surface area (Å²) in [7, 11) is 2.04. The van der Waals surface area contributed by atoms with Gasteiger partial charge < -0.3 is 10.0 Å². The molecule has 6 nitrogen and oxygen atoms in total. The van der Waals surface area contributed by atoms with Gasteiger partial charge in [0.1, 0.15) is 5.82 Å². The Hall–Kier alpha value is -2.50. The molecular weight excluding hydrogens is 450 g/mol. The number of amides is 1. The first-order valence-corrected chi connectivity index (χ1v) is 10.8. The third kappa shape index (κ3) is 5.64. The molecule has 2 fully saturated rings. The van der Waals surface area contributed by atoms with E-state index in [-0.39, 0.29) is 17.3 Å². The van der Waals surface area contributed by atoms with Gasteiger partial charge in [-0.1, -0.05) is 6.07 Å². The molecule has 174 valence electrons. The molecule has 11 heteroatoms. The quantitative estimate of drug-likeness (QED) is 0.692. The predicted molar refractivity (Wildman–Crippen MR) is 112 cm³/mol. The van der Waals surface area contributed by atoms with Gasteiger partial charge in [0.15, 0.2) is 0 Å². The van der Waals surface area contributed by atoms with Crippen LogP contribution in [0.15, 0.2) is 41.1 Å². The number of thiophene rings is 1. The van der Waals surface area contributed by atoms with Crippen molar-refractivity contribution in [3.63, 3.8) is 0 Å². The lowest BCUT2D eigenvalue weighted by molar-refractivity contribution is -0.192. The van der Waals surface area contributed by atoms with E-state index in [1.807, 2.05) is 13.1 Å². The Labute approximate surface area is 186 Å². The average molecular weight is 473 g/mol. The molecule has 2 aromatic rings. The van der Waals surface area contributed by atoms with Crippen LogP contribution in [0.5, 0.6) is 0 Å². The first kappa shape index (κ1) is 24.1. The number of piperazine rings is 1. The Bertz CT molecular complexity index is 954. The zero-order valence-corrected chi connectivity index (χ0v) is 18.1. The van der Waals surface area contributed by atoms with E-state index in [0.29, 0.717) is 18.8 Å². The second-order valence-corrected chi connectivity index (χ2v) is 8.72. The molecule has 1 aromatic carbocycles. The normalized spacial score (nSPS) is 22.2. The summed E-state index contributed by atoms with van der Waals surface area (Å²) in [4.78, 5) is 27.9. The molecule has 0 bridgehead atoms. The highest BCUT2D eigenvalue weighted by Crippen LogP contribution is 2.34. The molecule has 1 unspecified atom stereocenters. The lowest BCUT2D eigenvalue weighted by Gasteiger charge is -2.47. The molecule has 2 saturated heterocycles. The molecule has 1 atom stereocenters. The standard InChI is InChI=1S/C19H22FN3OS.C2HF3O2/c1-21-11-18(24)23(17-4-2-3-16(20)9-17)14-19(21)6-7-22(13-19)10-15-5-8-25-12-15;3-2(4,5)1(6)7/h2-5,8-9,12H,6-7,10-11,13-14H2,1H3;(H,6,7). The van der Waals surface area contributed by atoms with Crippen LogP contribution >= 0.6 is 11.3 Å². The third-order valence-electron chi connectivity index (χ3n) is 5.70. The predicted octanol–water partition coefficient (Wildman–Crippen LogP) is 3.44. The second-order valence-electron chi connectivity index (χ2n) is 7.94. The zero-order chi connectivity index (χ0) is 23.5. The van der Waals surface area contributed by atoms with E-state index in [1.165, 1.54) is 17.7 Å². The van der Waals surface area contributed by atoms with E-state index < -0.39 is 12.1 Å². The summed E-state index contributed by atoms with van der Waals surface area (Å²) in [5, 5.41) is 11.4. The fourth-order valence-corrected chi connectivity index (χ4v) is 4.66. The summed E-state index contributed by atoms with van der Waals surface area (Å²) in [6, 6.07) is 8.52. The van der Waals surface area contributed by atoms with Gasteiger partial charge >= 0.3 is 12.1 Å². The van der Waals surface area contributed by atoms with Crippen LogP contribution in [0.2, 0.25) is 0 Å². The maximum absolute atomic E-state index is 13.6. The van der Waals surface area contributed by atoms with Crippen LogP contribution in [0.25, 0.3) is 0 Å². The van der Waals surface area contributed by atoms with Crippen LogP contribution in [0.3, 0.4) is 0 Å². The number of nitrogens with zero attached hydrogens (tertiary/aromatic N) is 3. The average Bonchev–Trinajstić information content (AvgIpc) is 3.36. The minimum Gasteiger partial charge on any atom is -0.475 e. The number of anilines is 1. The molecule has 1 spiro atoms. The number of carbonyl (C=O) groups excluding carboxylic acids is 1. The van der Waals surface area contributed by atoms with Gasteiger partial charge in [-0.05, 0) is 54.1 Å². The zero-order valence-electron chi connectivity index (χ0n) is 17.3. The number of carboxylic acid groups (broad SMARTS) is 1. The van der Waals surface area contributed by atoms with Crippen molar-refractivity contribution in [2.45, 2.75) is 24.7 Å². The lowest BCUT2D eigenvalue weighted by Crippen LogP contribution is -2.64. The summed E-state index contributed by atoms with van der Waals surface area (Å²) < 4.78 is 45.3. The Balaban J connectivity index is 0.000000360. The molecular formula is C21H23F4N3O3S. The minimum atomic E-state index is -5.08. The maximum atomic E-state index is 13.6. The number of rotatable bonds is 3. The van der Waals surface area contributed by atoms with Crippen molar-refractivity contribution in [3.8, 4) is 0 Å². The molecule has 3 heterocycles. The first-order valence-electron chi connectivity index (χ1n) is 9.81. The number of benzene rings is 1. The van der Waals surface area contributed by atoms with Crippen LogP contribution in [0.1, 0.15) is 12.0 Å². The summed E-state index contributed by atoms with van der Waals surface area (Å²) in [6.45, 7) is 3.89. The number of carboxylic acids is 1. The lowest BCUT2D eigenvalue weighted by atomic mass is 9.92. The maximum Gasteiger partial charge on any atom is 0.490 e. The van der Waals surface area contributed by atoms with Gasteiger partial charge in [0, 0.05) is 31.9 Å². The molecule has 1 amide bonds. The summed E-state index contributed by atoms with van der Waals surface area (Å²) >= 11 is 1.72. The van der Waals surface area contributed by atoms with Crippen molar-refractivity contribution >= 4 is 28.9 Å². The monoisotopic (exact) mass is 473 g/mol. The van der Waals surface area contributed by atoms with Crippen molar-refractivity contribution in [2.24, 2.45) is 0 Å². The number of likely N-dealkylation sites (N-methyl/N-ethyl adjacent to an activating group) is 1. The van der Waals surface area contributed by atoms with Gasteiger partial charge in [-0.25, -0.2) is 9.18 Å². The smallest absolute Gasteiger partial charge is 0.475 e. The van der Waals surface area contributed by atoms with Crippen LogP contribution in [0.4, 0.5) is 23.2 Å². The molecule has 4 rings (SSSR count). The SMILES string of the molecule is CN1CC(=O)N(c2cccc(F)c2)CC12CCN(Cc1ccsc1)C2.O=C(O)C(F)(F)F. The third-order valence-corrected chi connectivity index (χ3v) is 6.43. The number of hydrogen-bond acceptors (Lipinski definition) is 5. The van der Waals surface area contributed by atoms with Crippen molar-refractivity contribution in [1.29, 1.82) is 0 Å². The second kappa shape index (κ2) is 9.55. The number of halogens is 4. The Kier molecular flexibility index (Phi) is 7.21. The van der Waals surface area contributed by atoms with E-state index in [0.717, 1.165) is 26.1 Å². The van der Waals surface area contributed by atoms with Crippen LogP contribution in [0, 0.1) is 5.82 Å². The molecule has 2 aliphatic heterocycles. The number of hydrogen-bond donors (Lipinski definition) is 1. The van der Waals surface area contributed by atoms with Crippen LogP contribution < -0.4 is 4.90 Å². The van der Waals surface area contributed by atoms with Gasteiger partial charge in [0.2, 0.25) is 5.91 Å². The van der Waals surface area contributed by atoms with Gasteiger partial charge in [-0.3, -0.25) is 14.6 Å². The molecule has 0 saturated carbocycles. The van der Waals surface area contributed by atoms with E-state index in [1.54, 1.807) is 22.3 Å². The van der Waals surface area contributed by atoms with Gasteiger partial charge in [0.05, 0.1) is 12.1 Å². The van der Waals surface area contributed by atoms with Crippen molar-refractivity contribution in [1.82, 2.24) is 9.80 Å². The highest BCUT2D eigenvalue weighted by atomic mass is 32.1. The van der Waals surface area contributed by atoms with E-state index in [4.69, 9.17) is 9.90 Å². The molecule has 2 aliphatic rings. The highest BCUT2D eigenvalue weighted by Gasteiger charge is 2.47. The van der Waals surface area contributed by atoms with E-state index in [2.05, 4.69) is 26.6 Å². The molecule has 1 aromatic heterocycles. The van der Waals surface area contributed by atoms with Gasteiger partial charge in [-0.2, -0.15) is 24.5 Å². The van der Waals surface area contributed by atoms with Crippen molar-refractivity contribution in [2.75, 3.05) is 38.1 Å². The summed E-state index contributed by atoms with van der Waals surface area (Å²) in [5.41, 5.74) is 1.95. The summed E-state index contributed by atoms with van der Waals surface area (Å²) in [5.74, 6) is -3.02. The first-order chi connectivity index (χ1) is 15.0.